The van der Waals surface area contributed by atoms with E-state index in [-0.39, 0.29) is 0 Å². The topological polar surface area (TPSA) is 72.8 Å². The van der Waals surface area contributed by atoms with Crippen LogP contribution in [0.25, 0.3) is 0 Å². The Balaban J connectivity index is 2.41. The van der Waals surface area contributed by atoms with E-state index in [1.54, 1.807) is 18.2 Å². The Bertz CT molecular complexity index is 562. The van der Waals surface area contributed by atoms with Crippen molar-refractivity contribution in [1.29, 1.82) is 0 Å². The van der Waals surface area contributed by atoms with Crippen LogP contribution < -0.4 is 9.47 Å². The zero-order chi connectivity index (χ0) is 15.6. The van der Waals surface area contributed by atoms with Gasteiger partial charge in [-0.15, -0.1) is 0 Å². The molecule has 2 rings (SSSR count). The van der Waals surface area contributed by atoms with Gasteiger partial charge in [-0.05, 0) is 24.1 Å². The SMILES string of the molecule is COc1ccc([C@@H](O)C2(Cl)S(=O)CCCS2=O)cc1OC. The minimum absolute atomic E-state index is 0.333. The fraction of sp³-hybridized carbons (Fsp3) is 0.538. The number of hydrogen-bond acceptors (Lipinski definition) is 5. The molecule has 1 fully saturated rings. The molecule has 1 aromatic rings. The minimum Gasteiger partial charge on any atom is -0.493 e. The number of halogens is 1. The molecule has 1 N–H and O–H groups in total. The number of benzene rings is 1. The van der Waals surface area contributed by atoms with E-state index in [2.05, 4.69) is 0 Å². The predicted molar refractivity (Wildman–Crippen MR) is 83.7 cm³/mol. The van der Waals surface area contributed by atoms with Crippen molar-refractivity contribution >= 4 is 33.2 Å². The van der Waals surface area contributed by atoms with Gasteiger partial charge >= 0.3 is 0 Å². The summed E-state index contributed by atoms with van der Waals surface area (Å²) in [5.74, 6) is 1.59. The van der Waals surface area contributed by atoms with Crippen LogP contribution in [0.3, 0.4) is 0 Å². The van der Waals surface area contributed by atoms with Crippen molar-refractivity contribution in [3.8, 4) is 11.5 Å². The molecule has 0 aromatic heterocycles. The van der Waals surface area contributed by atoms with Crippen molar-refractivity contribution in [1.82, 2.24) is 0 Å². The molecule has 118 valence electrons. The molecular weight excluding hydrogens is 336 g/mol. The molecule has 2 unspecified atom stereocenters. The van der Waals surface area contributed by atoms with Crippen molar-refractivity contribution in [2.24, 2.45) is 0 Å². The van der Waals surface area contributed by atoms with Crippen molar-refractivity contribution < 1.29 is 23.0 Å². The van der Waals surface area contributed by atoms with Crippen LogP contribution in [0.4, 0.5) is 0 Å². The highest BCUT2D eigenvalue weighted by Gasteiger charge is 2.50. The van der Waals surface area contributed by atoms with Crippen LogP contribution >= 0.6 is 11.6 Å². The summed E-state index contributed by atoms with van der Waals surface area (Å²) >= 11 is 6.31. The van der Waals surface area contributed by atoms with Gasteiger partial charge in [0.1, 0.15) is 6.10 Å². The summed E-state index contributed by atoms with van der Waals surface area (Å²) in [7, 11) is -0.178. The molecule has 1 aliphatic heterocycles. The van der Waals surface area contributed by atoms with Crippen LogP contribution in [0.2, 0.25) is 0 Å². The standard InChI is InChI=1S/C13H17ClO5S2/c1-18-10-5-4-9(8-11(10)19-2)12(15)13(14)20(16)6-3-7-21(13)17/h4-5,8,12,15H,3,6-7H2,1-2H3/t12-,13?,20?,21?/m1/s1. The Hall–Kier alpha value is -0.630. The summed E-state index contributed by atoms with van der Waals surface area (Å²) in [6, 6.07) is 4.77. The number of hydrogen-bond donors (Lipinski definition) is 1. The van der Waals surface area contributed by atoms with E-state index < -0.39 is 31.2 Å². The van der Waals surface area contributed by atoms with Gasteiger partial charge in [-0.3, -0.25) is 8.42 Å². The lowest BCUT2D eigenvalue weighted by Crippen LogP contribution is -2.45. The van der Waals surface area contributed by atoms with Crippen LogP contribution in [-0.2, 0) is 21.6 Å². The number of aliphatic hydroxyl groups excluding tert-OH is 1. The van der Waals surface area contributed by atoms with Crippen molar-refractivity contribution in [3.63, 3.8) is 0 Å². The summed E-state index contributed by atoms with van der Waals surface area (Å²) in [5.41, 5.74) is 0.395. The van der Waals surface area contributed by atoms with Gasteiger partial charge in [-0.25, -0.2) is 0 Å². The van der Waals surface area contributed by atoms with Crippen LogP contribution in [0, 0.1) is 0 Å². The molecule has 1 heterocycles. The molecule has 1 aromatic carbocycles. The maximum absolute atomic E-state index is 12.2. The van der Waals surface area contributed by atoms with Gasteiger partial charge in [0.2, 0.25) is 3.54 Å². The highest BCUT2D eigenvalue weighted by Crippen LogP contribution is 2.43. The van der Waals surface area contributed by atoms with Crippen LogP contribution in [0.15, 0.2) is 18.2 Å². The fourth-order valence-corrected chi connectivity index (χ4v) is 6.41. The smallest absolute Gasteiger partial charge is 0.222 e. The fourth-order valence-electron chi connectivity index (χ4n) is 2.17. The highest BCUT2D eigenvalue weighted by molar-refractivity contribution is 8.07. The van der Waals surface area contributed by atoms with Crippen molar-refractivity contribution in [2.45, 2.75) is 16.1 Å². The first-order valence-corrected chi connectivity index (χ1v) is 9.32. The van der Waals surface area contributed by atoms with E-state index in [0.717, 1.165) is 0 Å². The lowest BCUT2D eigenvalue weighted by molar-refractivity contribution is 0.182. The lowest BCUT2D eigenvalue weighted by atomic mass is 10.1. The zero-order valence-electron chi connectivity index (χ0n) is 11.7. The van der Waals surface area contributed by atoms with Crippen LogP contribution in [-0.4, -0.2) is 42.8 Å². The van der Waals surface area contributed by atoms with E-state index in [1.165, 1.54) is 14.2 Å². The third-order valence-corrected chi connectivity index (χ3v) is 8.69. The molecule has 8 heteroatoms. The monoisotopic (exact) mass is 352 g/mol. The van der Waals surface area contributed by atoms with Crippen LogP contribution in [0.5, 0.6) is 11.5 Å². The third kappa shape index (κ3) is 2.97. The number of alkyl halides is 1. The molecule has 1 aliphatic rings. The van der Waals surface area contributed by atoms with Gasteiger partial charge in [0.05, 0.1) is 35.8 Å². The Morgan fingerprint density at radius 2 is 1.76 bits per heavy atom. The van der Waals surface area contributed by atoms with E-state index >= 15 is 0 Å². The molecule has 0 aliphatic carbocycles. The van der Waals surface area contributed by atoms with Crippen LogP contribution in [0.1, 0.15) is 18.1 Å². The normalized spacial score (nSPS) is 30.7. The minimum atomic E-state index is -1.68. The summed E-state index contributed by atoms with van der Waals surface area (Å²) < 4.78 is 33.0. The Labute approximate surface area is 133 Å². The van der Waals surface area contributed by atoms with Gasteiger partial charge in [-0.2, -0.15) is 0 Å². The third-order valence-electron chi connectivity index (χ3n) is 3.33. The number of aliphatic hydroxyl groups is 1. The van der Waals surface area contributed by atoms with Gasteiger partial charge < -0.3 is 14.6 Å². The van der Waals surface area contributed by atoms with E-state index in [9.17, 15) is 13.5 Å². The first kappa shape index (κ1) is 16.7. The Morgan fingerprint density at radius 1 is 1.19 bits per heavy atom. The van der Waals surface area contributed by atoms with Gasteiger partial charge in [0.25, 0.3) is 0 Å². The number of rotatable bonds is 4. The molecule has 0 radical (unpaired) electrons. The van der Waals surface area contributed by atoms with E-state index in [1.807, 2.05) is 0 Å². The summed E-state index contributed by atoms with van der Waals surface area (Å²) in [6.07, 6.45) is -0.743. The van der Waals surface area contributed by atoms with Crippen molar-refractivity contribution in [2.75, 3.05) is 25.7 Å². The second-order valence-electron chi connectivity index (χ2n) is 4.55. The van der Waals surface area contributed by atoms with Gasteiger partial charge in [0, 0.05) is 11.5 Å². The molecule has 0 amide bonds. The molecule has 3 atom stereocenters. The Morgan fingerprint density at radius 3 is 2.29 bits per heavy atom. The largest absolute Gasteiger partial charge is 0.493 e. The molecular formula is C13H17ClO5S2. The van der Waals surface area contributed by atoms with Gasteiger partial charge in [0.15, 0.2) is 11.5 Å². The van der Waals surface area contributed by atoms with E-state index in [4.69, 9.17) is 21.1 Å². The molecule has 1 saturated heterocycles. The van der Waals surface area contributed by atoms with Crippen molar-refractivity contribution in [3.05, 3.63) is 23.8 Å². The first-order valence-electron chi connectivity index (χ1n) is 6.31. The average molecular weight is 353 g/mol. The summed E-state index contributed by atoms with van der Waals surface area (Å²) in [6.45, 7) is 0. The number of ether oxygens (including phenoxy) is 2. The second kappa shape index (κ2) is 6.64. The lowest BCUT2D eigenvalue weighted by Gasteiger charge is -2.33. The zero-order valence-corrected chi connectivity index (χ0v) is 14.1. The predicted octanol–water partition coefficient (Wildman–Crippen LogP) is 1.53. The molecule has 21 heavy (non-hydrogen) atoms. The van der Waals surface area contributed by atoms with Gasteiger partial charge in [-0.1, -0.05) is 17.7 Å². The first-order chi connectivity index (χ1) is 9.94. The molecule has 5 nitrogen and oxygen atoms in total. The highest BCUT2D eigenvalue weighted by atomic mass is 35.5. The maximum Gasteiger partial charge on any atom is 0.222 e. The molecule has 0 bridgehead atoms. The quantitative estimate of drug-likeness (QED) is 0.832. The maximum atomic E-state index is 12.2. The Kier molecular flexibility index (Phi) is 5.29. The molecule has 0 spiro atoms. The molecule has 0 saturated carbocycles. The average Bonchev–Trinajstić information content (AvgIpc) is 2.51. The van der Waals surface area contributed by atoms with E-state index in [0.29, 0.717) is 35.0 Å². The second-order valence-corrected chi connectivity index (χ2v) is 9.34. The number of methoxy groups -OCH3 is 2. The summed E-state index contributed by atoms with van der Waals surface area (Å²) in [5, 5.41) is 10.5. The summed E-state index contributed by atoms with van der Waals surface area (Å²) in [4.78, 5) is 0.